The molecule has 100 valence electrons. The zero-order chi connectivity index (χ0) is 13.5. The predicted molar refractivity (Wildman–Crippen MR) is 68.8 cm³/mol. The van der Waals surface area contributed by atoms with Gasteiger partial charge in [0.2, 0.25) is 5.91 Å². The number of hydrogen-bond donors (Lipinski definition) is 3. The standard InChI is InChI=1S/C12H25N3O2/c1-6-13-11(17)15-10(16)9(2)14-8-7-12(3,4)5/h9,14H,6-8H2,1-5H3,(H2,13,15,16,17). The van der Waals surface area contributed by atoms with Gasteiger partial charge in [0.05, 0.1) is 6.04 Å². The second-order valence-corrected chi connectivity index (χ2v) is 5.34. The van der Waals surface area contributed by atoms with Crippen LogP contribution in [0.25, 0.3) is 0 Å². The summed E-state index contributed by atoms with van der Waals surface area (Å²) in [5.74, 6) is -0.301. The Hall–Kier alpha value is -1.10. The average molecular weight is 243 g/mol. The van der Waals surface area contributed by atoms with Gasteiger partial charge in [-0.15, -0.1) is 0 Å². The Bertz CT molecular complexity index is 259. The Balaban J connectivity index is 3.86. The van der Waals surface area contributed by atoms with E-state index >= 15 is 0 Å². The van der Waals surface area contributed by atoms with Crippen molar-refractivity contribution in [2.24, 2.45) is 5.41 Å². The predicted octanol–water partition coefficient (Wildman–Crippen LogP) is 1.25. The number of hydrogen-bond acceptors (Lipinski definition) is 3. The van der Waals surface area contributed by atoms with E-state index in [9.17, 15) is 9.59 Å². The highest BCUT2D eigenvalue weighted by Gasteiger charge is 2.16. The summed E-state index contributed by atoms with van der Waals surface area (Å²) in [6.07, 6.45) is 0.978. The highest BCUT2D eigenvalue weighted by molar-refractivity contribution is 5.96. The van der Waals surface area contributed by atoms with Crippen LogP contribution in [0.3, 0.4) is 0 Å². The van der Waals surface area contributed by atoms with E-state index in [1.54, 1.807) is 13.8 Å². The van der Waals surface area contributed by atoms with Crippen molar-refractivity contribution < 1.29 is 9.59 Å². The monoisotopic (exact) mass is 243 g/mol. The largest absolute Gasteiger partial charge is 0.338 e. The van der Waals surface area contributed by atoms with Gasteiger partial charge in [-0.1, -0.05) is 20.8 Å². The van der Waals surface area contributed by atoms with Crippen LogP contribution in [0.1, 0.15) is 41.0 Å². The van der Waals surface area contributed by atoms with Crippen LogP contribution in [0.5, 0.6) is 0 Å². The van der Waals surface area contributed by atoms with Gasteiger partial charge in [-0.2, -0.15) is 0 Å². The van der Waals surface area contributed by atoms with E-state index in [1.165, 1.54) is 0 Å². The average Bonchev–Trinajstić information content (AvgIpc) is 2.15. The van der Waals surface area contributed by atoms with Crippen molar-refractivity contribution in [3.63, 3.8) is 0 Å². The summed E-state index contributed by atoms with van der Waals surface area (Å²) in [7, 11) is 0. The number of carbonyl (C=O) groups is 2. The number of imide groups is 1. The van der Waals surface area contributed by atoms with Gasteiger partial charge in [0.1, 0.15) is 0 Å². The first-order chi connectivity index (χ1) is 7.76. The Morgan fingerprint density at radius 1 is 1.24 bits per heavy atom. The van der Waals surface area contributed by atoms with Gasteiger partial charge in [-0.3, -0.25) is 10.1 Å². The summed E-state index contributed by atoms with van der Waals surface area (Å²) in [6.45, 7) is 11.3. The topological polar surface area (TPSA) is 70.2 Å². The van der Waals surface area contributed by atoms with Crippen LogP contribution in [-0.2, 0) is 4.79 Å². The maximum absolute atomic E-state index is 11.5. The molecule has 1 unspecified atom stereocenters. The lowest BCUT2D eigenvalue weighted by Crippen LogP contribution is -2.48. The number of nitrogens with one attached hydrogen (secondary N) is 3. The second kappa shape index (κ2) is 7.27. The van der Waals surface area contributed by atoms with E-state index in [1.807, 2.05) is 0 Å². The Kier molecular flexibility index (Phi) is 6.80. The molecule has 0 radical (unpaired) electrons. The summed E-state index contributed by atoms with van der Waals surface area (Å²) >= 11 is 0. The summed E-state index contributed by atoms with van der Waals surface area (Å²) in [6, 6.07) is -0.804. The molecule has 0 aromatic carbocycles. The highest BCUT2D eigenvalue weighted by Crippen LogP contribution is 2.16. The molecule has 0 saturated carbocycles. The molecule has 5 heteroatoms. The zero-order valence-corrected chi connectivity index (χ0v) is 11.5. The van der Waals surface area contributed by atoms with Gasteiger partial charge in [-0.25, -0.2) is 4.79 Å². The fourth-order valence-electron chi connectivity index (χ4n) is 1.18. The molecule has 0 aliphatic rings. The third-order valence-corrected chi connectivity index (χ3v) is 2.29. The van der Waals surface area contributed by atoms with E-state index in [2.05, 4.69) is 36.7 Å². The maximum Gasteiger partial charge on any atom is 0.321 e. The lowest BCUT2D eigenvalue weighted by molar-refractivity contribution is -0.121. The molecular formula is C12H25N3O2. The van der Waals surface area contributed by atoms with E-state index < -0.39 is 6.03 Å². The van der Waals surface area contributed by atoms with Crippen molar-refractivity contribution in [1.82, 2.24) is 16.0 Å². The van der Waals surface area contributed by atoms with Crippen LogP contribution >= 0.6 is 0 Å². The van der Waals surface area contributed by atoms with Crippen molar-refractivity contribution >= 4 is 11.9 Å². The van der Waals surface area contributed by atoms with Crippen molar-refractivity contribution in [3.05, 3.63) is 0 Å². The highest BCUT2D eigenvalue weighted by atomic mass is 16.2. The molecule has 3 N–H and O–H groups in total. The lowest BCUT2D eigenvalue weighted by Gasteiger charge is -2.20. The quantitative estimate of drug-likeness (QED) is 0.680. The maximum atomic E-state index is 11.5. The normalized spacial score (nSPS) is 13.0. The van der Waals surface area contributed by atoms with Gasteiger partial charge in [0.15, 0.2) is 0 Å². The molecule has 0 aliphatic heterocycles. The minimum absolute atomic E-state index is 0.239. The van der Waals surface area contributed by atoms with Crippen molar-refractivity contribution in [1.29, 1.82) is 0 Å². The number of urea groups is 1. The zero-order valence-electron chi connectivity index (χ0n) is 11.5. The Morgan fingerprint density at radius 3 is 2.29 bits per heavy atom. The SMILES string of the molecule is CCNC(=O)NC(=O)C(C)NCCC(C)(C)C. The number of carbonyl (C=O) groups excluding carboxylic acids is 2. The van der Waals surface area contributed by atoms with Crippen molar-refractivity contribution in [3.8, 4) is 0 Å². The molecule has 3 amide bonds. The molecule has 1 atom stereocenters. The molecule has 0 fully saturated rings. The van der Waals surface area contributed by atoms with E-state index in [4.69, 9.17) is 0 Å². The summed E-state index contributed by atoms with van der Waals surface area (Å²) in [5, 5.41) is 7.88. The van der Waals surface area contributed by atoms with E-state index in [0.717, 1.165) is 13.0 Å². The Labute approximate surface area is 104 Å². The van der Waals surface area contributed by atoms with Gasteiger partial charge in [0.25, 0.3) is 0 Å². The summed E-state index contributed by atoms with van der Waals surface area (Å²) in [4.78, 5) is 22.7. The molecule has 0 aromatic heterocycles. The third-order valence-electron chi connectivity index (χ3n) is 2.29. The second-order valence-electron chi connectivity index (χ2n) is 5.34. The minimum Gasteiger partial charge on any atom is -0.338 e. The molecule has 0 heterocycles. The fraction of sp³-hybridized carbons (Fsp3) is 0.833. The molecular weight excluding hydrogens is 218 g/mol. The van der Waals surface area contributed by atoms with Crippen LogP contribution in [0.4, 0.5) is 4.79 Å². The van der Waals surface area contributed by atoms with Crippen molar-refractivity contribution in [2.45, 2.75) is 47.1 Å². The van der Waals surface area contributed by atoms with Crippen LogP contribution in [0, 0.1) is 5.41 Å². The third kappa shape index (κ3) is 8.68. The molecule has 0 spiro atoms. The smallest absolute Gasteiger partial charge is 0.321 e. The van der Waals surface area contributed by atoms with Crippen LogP contribution in [0.2, 0.25) is 0 Å². The molecule has 0 saturated heterocycles. The molecule has 0 bridgehead atoms. The van der Waals surface area contributed by atoms with Crippen LogP contribution in [0.15, 0.2) is 0 Å². The summed E-state index contributed by atoms with van der Waals surface area (Å²) in [5.41, 5.74) is 0.239. The van der Waals surface area contributed by atoms with Gasteiger partial charge < -0.3 is 10.6 Å². The van der Waals surface area contributed by atoms with Crippen LogP contribution < -0.4 is 16.0 Å². The van der Waals surface area contributed by atoms with Crippen molar-refractivity contribution in [2.75, 3.05) is 13.1 Å². The molecule has 0 aliphatic carbocycles. The summed E-state index contributed by atoms with van der Waals surface area (Å²) < 4.78 is 0. The Morgan fingerprint density at radius 2 is 1.82 bits per heavy atom. The number of amides is 3. The first-order valence-electron chi connectivity index (χ1n) is 6.08. The fourth-order valence-corrected chi connectivity index (χ4v) is 1.18. The molecule has 17 heavy (non-hydrogen) atoms. The van der Waals surface area contributed by atoms with Crippen LogP contribution in [-0.4, -0.2) is 31.1 Å². The number of rotatable bonds is 5. The molecule has 0 rings (SSSR count). The first kappa shape index (κ1) is 15.9. The first-order valence-corrected chi connectivity index (χ1v) is 6.08. The van der Waals surface area contributed by atoms with Gasteiger partial charge in [0, 0.05) is 6.54 Å². The van der Waals surface area contributed by atoms with E-state index in [0.29, 0.717) is 6.54 Å². The van der Waals surface area contributed by atoms with E-state index in [-0.39, 0.29) is 17.4 Å². The van der Waals surface area contributed by atoms with Gasteiger partial charge in [-0.05, 0) is 32.2 Å². The minimum atomic E-state index is -0.443. The lowest BCUT2D eigenvalue weighted by atomic mass is 9.92. The molecule has 5 nitrogen and oxygen atoms in total. The van der Waals surface area contributed by atoms with Gasteiger partial charge >= 0.3 is 6.03 Å². The molecule has 0 aromatic rings.